The summed E-state index contributed by atoms with van der Waals surface area (Å²) in [5.41, 5.74) is 0.603. The lowest BCUT2D eigenvalue weighted by Crippen LogP contribution is -1.88. The number of benzene rings is 1. The molecule has 0 saturated heterocycles. The number of aromatic nitrogens is 1. The summed E-state index contributed by atoms with van der Waals surface area (Å²) in [5.74, 6) is 1.03. The Kier molecular flexibility index (Phi) is 3.17. The number of nitrogens with zero attached hydrogens (tertiary/aromatic N) is 1. The van der Waals surface area contributed by atoms with Gasteiger partial charge in [-0.3, -0.25) is 4.79 Å². The van der Waals surface area contributed by atoms with E-state index in [1.165, 1.54) is 0 Å². The Morgan fingerprint density at radius 2 is 1.88 bits per heavy atom. The number of halogens is 1. The average Bonchev–Trinajstić information content (AvgIpc) is 2.30. The summed E-state index contributed by atoms with van der Waals surface area (Å²) in [5, 5.41) is 0.377. The Hall–Kier alpha value is -1.87. The van der Waals surface area contributed by atoms with Gasteiger partial charge in [-0.15, -0.1) is 0 Å². The number of pyridine rings is 1. The average molecular weight is 234 g/mol. The lowest BCUT2D eigenvalue weighted by molar-refractivity contribution is 0.112. The second kappa shape index (κ2) is 4.77. The maximum Gasteiger partial charge on any atom is 0.220 e. The van der Waals surface area contributed by atoms with Crippen LogP contribution in [0.3, 0.4) is 0 Å². The van der Waals surface area contributed by atoms with E-state index in [1.807, 2.05) is 0 Å². The molecule has 16 heavy (non-hydrogen) atoms. The topological polar surface area (TPSA) is 39.2 Å². The Morgan fingerprint density at radius 1 is 1.12 bits per heavy atom. The molecule has 0 bridgehead atoms. The molecule has 0 aliphatic carbocycles. The van der Waals surface area contributed by atoms with Gasteiger partial charge in [0.2, 0.25) is 5.88 Å². The lowest BCUT2D eigenvalue weighted by atomic mass is 10.2. The van der Waals surface area contributed by atoms with E-state index in [-0.39, 0.29) is 0 Å². The van der Waals surface area contributed by atoms with Crippen LogP contribution in [0.2, 0.25) is 5.15 Å². The van der Waals surface area contributed by atoms with Crippen molar-refractivity contribution < 1.29 is 9.53 Å². The molecule has 1 aromatic carbocycles. The van der Waals surface area contributed by atoms with E-state index >= 15 is 0 Å². The maximum absolute atomic E-state index is 10.5. The molecule has 4 heteroatoms. The molecule has 1 aromatic heterocycles. The quantitative estimate of drug-likeness (QED) is 0.603. The van der Waals surface area contributed by atoms with Crippen LogP contribution in [0.15, 0.2) is 42.5 Å². The minimum absolute atomic E-state index is 0.377. The minimum Gasteiger partial charge on any atom is -0.439 e. The Morgan fingerprint density at radius 3 is 2.50 bits per heavy atom. The standard InChI is InChI=1S/C12H8ClNO2/c13-11-2-1-3-12(14-11)16-10-6-4-9(8-15)5-7-10/h1-8H. The molecule has 1 heterocycles. The van der Waals surface area contributed by atoms with Gasteiger partial charge in [0.25, 0.3) is 0 Å². The van der Waals surface area contributed by atoms with Crippen molar-refractivity contribution in [2.45, 2.75) is 0 Å². The van der Waals surface area contributed by atoms with Crippen LogP contribution in [-0.4, -0.2) is 11.3 Å². The van der Waals surface area contributed by atoms with Gasteiger partial charge in [0.1, 0.15) is 17.2 Å². The monoisotopic (exact) mass is 233 g/mol. The molecule has 0 fully saturated rings. The van der Waals surface area contributed by atoms with Gasteiger partial charge in [-0.05, 0) is 30.3 Å². The number of rotatable bonds is 3. The third-order valence-corrected chi connectivity index (χ3v) is 2.14. The highest BCUT2D eigenvalue weighted by Gasteiger charge is 1.99. The molecule has 80 valence electrons. The van der Waals surface area contributed by atoms with Crippen molar-refractivity contribution in [1.82, 2.24) is 4.98 Å². The first-order valence-corrected chi connectivity index (χ1v) is 5.01. The highest BCUT2D eigenvalue weighted by atomic mass is 35.5. The van der Waals surface area contributed by atoms with Crippen molar-refractivity contribution in [3.63, 3.8) is 0 Å². The molecule has 0 spiro atoms. The first-order valence-electron chi connectivity index (χ1n) is 4.63. The Labute approximate surface area is 97.7 Å². The summed E-state index contributed by atoms with van der Waals surface area (Å²) in [4.78, 5) is 14.4. The van der Waals surface area contributed by atoms with Crippen LogP contribution >= 0.6 is 11.6 Å². The molecule has 0 aliphatic heterocycles. The van der Waals surface area contributed by atoms with Gasteiger partial charge in [-0.2, -0.15) is 0 Å². The highest BCUT2D eigenvalue weighted by molar-refractivity contribution is 6.29. The molecule has 3 nitrogen and oxygen atoms in total. The van der Waals surface area contributed by atoms with Crippen LogP contribution in [0.25, 0.3) is 0 Å². The van der Waals surface area contributed by atoms with Gasteiger partial charge >= 0.3 is 0 Å². The number of ether oxygens (including phenoxy) is 1. The number of carbonyl (C=O) groups is 1. The molecule has 0 saturated carbocycles. The van der Waals surface area contributed by atoms with Crippen LogP contribution in [0.4, 0.5) is 0 Å². The fourth-order valence-electron chi connectivity index (χ4n) is 1.18. The summed E-state index contributed by atoms with van der Waals surface area (Å²) in [7, 11) is 0. The van der Waals surface area contributed by atoms with E-state index in [0.717, 1.165) is 6.29 Å². The van der Waals surface area contributed by atoms with Crippen molar-refractivity contribution in [1.29, 1.82) is 0 Å². The second-order valence-electron chi connectivity index (χ2n) is 3.09. The molecule has 0 amide bonds. The van der Waals surface area contributed by atoms with E-state index in [2.05, 4.69) is 4.98 Å². The second-order valence-corrected chi connectivity index (χ2v) is 3.47. The number of hydrogen-bond donors (Lipinski definition) is 0. The Balaban J connectivity index is 2.17. The third-order valence-electron chi connectivity index (χ3n) is 1.93. The van der Waals surface area contributed by atoms with Crippen molar-refractivity contribution in [3.05, 3.63) is 53.2 Å². The molecular formula is C12H8ClNO2. The normalized spacial score (nSPS) is 9.81. The van der Waals surface area contributed by atoms with Crippen LogP contribution in [0.5, 0.6) is 11.6 Å². The van der Waals surface area contributed by atoms with Crippen molar-refractivity contribution in [3.8, 4) is 11.6 Å². The summed E-state index contributed by atoms with van der Waals surface area (Å²) >= 11 is 5.72. The Bertz CT molecular complexity index is 497. The minimum atomic E-state index is 0.377. The van der Waals surface area contributed by atoms with E-state index in [9.17, 15) is 4.79 Å². The summed E-state index contributed by atoms with van der Waals surface area (Å²) in [6.07, 6.45) is 0.779. The first-order chi connectivity index (χ1) is 7.78. The van der Waals surface area contributed by atoms with E-state index < -0.39 is 0 Å². The summed E-state index contributed by atoms with van der Waals surface area (Å²) < 4.78 is 5.45. The SMILES string of the molecule is O=Cc1ccc(Oc2cccc(Cl)n2)cc1. The molecule has 0 unspecified atom stereocenters. The predicted octanol–water partition coefficient (Wildman–Crippen LogP) is 3.34. The molecule has 0 N–H and O–H groups in total. The zero-order valence-electron chi connectivity index (χ0n) is 8.26. The molecule has 0 radical (unpaired) electrons. The van der Waals surface area contributed by atoms with Gasteiger partial charge in [-0.1, -0.05) is 17.7 Å². The molecular weight excluding hydrogens is 226 g/mol. The van der Waals surface area contributed by atoms with Crippen LogP contribution in [-0.2, 0) is 0 Å². The van der Waals surface area contributed by atoms with Crippen LogP contribution in [0, 0.1) is 0 Å². The zero-order chi connectivity index (χ0) is 11.4. The van der Waals surface area contributed by atoms with Gasteiger partial charge < -0.3 is 4.74 Å². The van der Waals surface area contributed by atoms with Crippen molar-refractivity contribution >= 4 is 17.9 Å². The van der Waals surface area contributed by atoms with E-state index in [1.54, 1.807) is 42.5 Å². The largest absolute Gasteiger partial charge is 0.439 e. The zero-order valence-corrected chi connectivity index (χ0v) is 9.02. The number of hydrogen-bond acceptors (Lipinski definition) is 3. The van der Waals surface area contributed by atoms with Crippen LogP contribution < -0.4 is 4.74 Å². The van der Waals surface area contributed by atoms with E-state index in [0.29, 0.717) is 22.3 Å². The molecule has 0 atom stereocenters. The first kappa shape index (κ1) is 10.6. The number of aldehydes is 1. The van der Waals surface area contributed by atoms with Gasteiger partial charge in [0.15, 0.2) is 0 Å². The van der Waals surface area contributed by atoms with Crippen molar-refractivity contribution in [2.24, 2.45) is 0 Å². The highest BCUT2D eigenvalue weighted by Crippen LogP contribution is 2.20. The van der Waals surface area contributed by atoms with Crippen molar-refractivity contribution in [2.75, 3.05) is 0 Å². The number of carbonyl (C=O) groups excluding carboxylic acids is 1. The third kappa shape index (κ3) is 2.58. The summed E-state index contributed by atoms with van der Waals surface area (Å²) in [6.45, 7) is 0. The smallest absolute Gasteiger partial charge is 0.220 e. The van der Waals surface area contributed by atoms with E-state index in [4.69, 9.17) is 16.3 Å². The molecule has 2 aromatic rings. The fraction of sp³-hybridized carbons (Fsp3) is 0. The predicted molar refractivity (Wildman–Crippen MR) is 61.2 cm³/mol. The van der Waals surface area contributed by atoms with Crippen LogP contribution in [0.1, 0.15) is 10.4 Å². The maximum atomic E-state index is 10.5. The molecule has 0 aliphatic rings. The fourth-order valence-corrected chi connectivity index (χ4v) is 1.34. The molecule has 2 rings (SSSR count). The van der Waals surface area contributed by atoms with Gasteiger partial charge in [0.05, 0.1) is 0 Å². The lowest BCUT2D eigenvalue weighted by Gasteiger charge is -2.04. The summed E-state index contributed by atoms with van der Waals surface area (Å²) in [6, 6.07) is 11.9. The van der Waals surface area contributed by atoms with Gasteiger partial charge in [0, 0.05) is 11.6 Å². The van der Waals surface area contributed by atoms with Gasteiger partial charge in [-0.25, -0.2) is 4.98 Å².